The molecule has 0 aromatic heterocycles. The van der Waals surface area contributed by atoms with Gasteiger partial charge in [-0.15, -0.1) is 11.8 Å². The van der Waals surface area contributed by atoms with E-state index in [0.29, 0.717) is 75.7 Å². The van der Waals surface area contributed by atoms with Crippen molar-refractivity contribution in [1.82, 2.24) is 14.5 Å². The minimum Gasteiger partial charge on any atom is -1.00 e. The van der Waals surface area contributed by atoms with E-state index in [9.17, 15) is 34.8 Å². The number of carbonyl (C=O) groups excluding carboxylic acids is 1. The molecule has 4 aromatic carbocycles. The van der Waals surface area contributed by atoms with Gasteiger partial charge in [0.1, 0.15) is 4.90 Å². The van der Waals surface area contributed by atoms with Crippen LogP contribution in [0.5, 0.6) is 0 Å². The summed E-state index contributed by atoms with van der Waals surface area (Å²) in [5, 5.41) is 3.69. The Bertz CT molecular complexity index is 2570. The van der Waals surface area contributed by atoms with Crippen LogP contribution in [0, 0.1) is 5.41 Å². The van der Waals surface area contributed by atoms with Gasteiger partial charge < -0.3 is 33.1 Å². The molecule has 1 aliphatic carbocycles. The van der Waals surface area contributed by atoms with Crippen LogP contribution in [0.15, 0.2) is 117 Å². The SMILES string of the molecule is CC1(CN)CCC(c2ccc(Cl)cc2)=C(CN2CCN(c3ccc(C(=O)NS(=O)(=O)c4ccc(N[C@H](CCN5CCOCC5)CSc5ccccc5)c(S(=O)(=O)C(F)(F)F)c4)cc3)CC2)C1.[Cl-].[H+]. The summed E-state index contributed by atoms with van der Waals surface area (Å²) >= 11 is 7.64. The van der Waals surface area contributed by atoms with Crippen molar-refractivity contribution in [3.63, 3.8) is 0 Å². The van der Waals surface area contributed by atoms with Crippen LogP contribution in [0.2, 0.25) is 5.02 Å². The molecule has 20 heteroatoms. The van der Waals surface area contributed by atoms with E-state index < -0.39 is 52.8 Å². The summed E-state index contributed by atoms with van der Waals surface area (Å²) in [5.41, 5.74) is 4.86. The zero-order valence-electron chi connectivity index (χ0n) is 38.1. The third-order valence-electron chi connectivity index (χ3n) is 12.5. The molecule has 2 fully saturated rings. The van der Waals surface area contributed by atoms with E-state index in [0.717, 1.165) is 61.6 Å². The lowest BCUT2D eigenvalue weighted by molar-refractivity contribution is -0.0436. The molecule has 1 amide bonds. The third-order valence-corrected chi connectivity index (χ3v) is 16.8. The molecule has 0 spiro atoms. The van der Waals surface area contributed by atoms with Crippen LogP contribution in [0.1, 0.15) is 50.0 Å². The van der Waals surface area contributed by atoms with Crippen molar-refractivity contribution < 1.29 is 53.4 Å². The molecule has 364 valence electrons. The van der Waals surface area contributed by atoms with E-state index in [4.69, 9.17) is 22.1 Å². The molecule has 12 nitrogen and oxygen atoms in total. The number of hydrogen-bond acceptors (Lipinski definition) is 12. The van der Waals surface area contributed by atoms with Crippen LogP contribution < -0.4 is 33.1 Å². The zero-order valence-corrected chi connectivity index (χ0v) is 41.1. The number of nitrogens with one attached hydrogen (secondary N) is 2. The summed E-state index contributed by atoms with van der Waals surface area (Å²) in [7, 11) is -10.9. The Hall–Kier alpha value is -3.85. The predicted molar refractivity (Wildman–Crippen MR) is 256 cm³/mol. The number of nitrogens with zero attached hydrogens (tertiary/aromatic N) is 3. The standard InChI is InChI=1S/C47H56ClF3N6O6S3.ClH/c1-46(33-52)19-17-42(34-7-11-37(48)12-8-34)36(30-46)31-56-21-23-57(24-22-56)39-13-9-35(10-14-39)45(58)54-66(61,62)41-15-16-43(44(29-41)65(59,60)47(49,50)51)53-38(18-20-55-25-27-63-28-26-55)32-64-40-5-3-2-4-6-40;/h2-16,29,38,53H,17-28,30-33,52H2,1H3,(H,54,58);1H/t38-,46?;/m1./s1. The number of ether oxygens (including phenoxy) is 1. The van der Waals surface area contributed by atoms with E-state index in [2.05, 4.69) is 39.1 Å². The number of piperazine rings is 1. The molecule has 7 rings (SSSR count). The molecule has 3 aliphatic rings. The number of sulfonamides is 1. The first-order valence-electron chi connectivity index (χ1n) is 21.9. The number of nitrogens with two attached hydrogens (primary N) is 1. The van der Waals surface area contributed by atoms with Crippen molar-refractivity contribution in [1.29, 1.82) is 0 Å². The fourth-order valence-electron chi connectivity index (χ4n) is 8.57. The summed E-state index contributed by atoms with van der Waals surface area (Å²) in [4.78, 5) is 19.0. The van der Waals surface area contributed by atoms with Crippen LogP contribution >= 0.6 is 23.4 Å². The molecule has 2 saturated heterocycles. The lowest BCUT2D eigenvalue weighted by Gasteiger charge is -2.40. The first-order valence-corrected chi connectivity index (χ1v) is 26.3. The number of thioether (sulfide) groups is 1. The van der Waals surface area contributed by atoms with Gasteiger partial charge in [-0.1, -0.05) is 54.4 Å². The predicted octanol–water partition coefficient (Wildman–Crippen LogP) is 4.89. The van der Waals surface area contributed by atoms with Gasteiger partial charge in [-0.3, -0.25) is 14.6 Å². The third kappa shape index (κ3) is 13.5. The van der Waals surface area contributed by atoms with E-state index in [-0.39, 0.29) is 24.8 Å². The number of amides is 1. The quantitative estimate of drug-likeness (QED) is 0.124. The number of rotatable bonds is 17. The molecule has 0 bridgehead atoms. The first kappa shape index (κ1) is 52.5. The van der Waals surface area contributed by atoms with E-state index >= 15 is 0 Å². The van der Waals surface area contributed by atoms with Crippen molar-refractivity contribution in [2.24, 2.45) is 11.1 Å². The molecule has 1 unspecified atom stereocenters. The number of hydrogen-bond donors (Lipinski definition) is 3. The number of halogens is 5. The van der Waals surface area contributed by atoms with Crippen molar-refractivity contribution in [2.75, 3.05) is 88.1 Å². The van der Waals surface area contributed by atoms with Crippen molar-refractivity contribution in [3.05, 3.63) is 119 Å². The average Bonchev–Trinajstić information content (AvgIpc) is 3.31. The fraction of sp³-hybridized carbons (Fsp3) is 0.426. The first-order chi connectivity index (χ1) is 31.4. The molecular weight excluding hydrogens is 969 g/mol. The van der Waals surface area contributed by atoms with Gasteiger partial charge in [0.15, 0.2) is 0 Å². The normalized spacial score (nSPS) is 19.4. The summed E-state index contributed by atoms with van der Waals surface area (Å²) in [6, 6.07) is 25.7. The van der Waals surface area contributed by atoms with Gasteiger partial charge in [0.2, 0.25) is 0 Å². The molecular formula is C47H57Cl2F3N6O6S3. The van der Waals surface area contributed by atoms with Gasteiger partial charge in [0.05, 0.1) is 23.8 Å². The lowest BCUT2D eigenvalue weighted by atomic mass is 9.71. The van der Waals surface area contributed by atoms with Gasteiger partial charge in [-0.2, -0.15) is 13.2 Å². The van der Waals surface area contributed by atoms with Gasteiger partial charge in [0.25, 0.3) is 25.8 Å². The van der Waals surface area contributed by atoms with Gasteiger partial charge in [0, 0.05) is 85.3 Å². The Balaban J connectivity index is 0.00000432. The second-order valence-corrected chi connectivity index (χ2v) is 22.5. The fourth-order valence-corrected chi connectivity index (χ4v) is 11.7. The smallest absolute Gasteiger partial charge is 1.00 e. The number of morpholine rings is 1. The monoisotopic (exact) mass is 1020 g/mol. The number of carbonyl (C=O) groups is 1. The Labute approximate surface area is 408 Å². The summed E-state index contributed by atoms with van der Waals surface area (Å²) in [5.74, 6) is -0.665. The minimum absolute atomic E-state index is 0. The number of sulfone groups is 1. The molecule has 2 aliphatic heterocycles. The molecule has 0 saturated carbocycles. The highest BCUT2D eigenvalue weighted by molar-refractivity contribution is 7.99. The molecule has 2 heterocycles. The summed E-state index contributed by atoms with van der Waals surface area (Å²) in [6.07, 6.45) is 3.32. The molecule has 4 N–H and O–H groups in total. The van der Waals surface area contributed by atoms with Crippen LogP contribution in [-0.2, 0) is 24.6 Å². The molecule has 4 aromatic rings. The second kappa shape index (κ2) is 22.7. The highest BCUT2D eigenvalue weighted by atomic mass is 35.5. The Kier molecular flexibility index (Phi) is 17.8. The van der Waals surface area contributed by atoms with Crippen LogP contribution in [0.25, 0.3) is 5.57 Å². The van der Waals surface area contributed by atoms with E-state index in [1.807, 2.05) is 47.2 Å². The van der Waals surface area contributed by atoms with Gasteiger partial charge in [-0.05, 0) is 116 Å². The largest absolute Gasteiger partial charge is 1.00 e. The Morgan fingerprint density at radius 1 is 0.910 bits per heavy atom. The molecule has 0 radical (unpaired) electrons. The number of anilines is 2. The maximum absolute atomic E-state index is 14.2. The summed E-state index contributed by atoms with van der Waals surface area (Å²) in [6.45, 7) is 9.70. The second-order valence-electron chi connectivity index (χ2n) is 17.3. The topological polar surface area (TPSA) is 154 Å². The highest BCUT2D eigenvalue weighted by Gasteiger charge is 2.48. The lowest BCUT2D eigenvalue weighted by Crippen LogP contribution is -3.00. The number of benzene rings is 4. The molecule has 67 heavy (non-hydrogen) atoms. The molecule has 2 atom stereocenters. The van der Waals surface area contributed by atoms with E-state index in [1.165, 1.54) is 40.6 Å². The van der Waals surface area contributed by atoms with Crippen LogP contribution in [0.3, 0.4) is 0 Å². The minimum atomic E-state index is -6.06. The summed E-state index contributed by atoms with van der Waals surface area (Å²) < 4.78 is 103. The zero-order chi connectivity index (χ0) is 47.1. The van der Waals surface area contributed by atoms with Crippen molar-refractivity contribution >= 4 is 66.1 Å². The average molecular weight is 1030 g/mol. The van der Waals surface area contributed by atoms with Crippen molar-refractivity contribution in [3.8, 4) is 0 Å². The Morgan fingerprint density at radius 2 is 1.58 bits per heavy atom. The number of alkyl halides is 3. The number of allylic oxidation sites excluding steroid dienone is 1. The van der Waals surface area contributed by atoms with Gasteiger partial charge >= 0.3 is 6.93 Å². The Morgan fingerprint density at radius 3 is 2.22 bits per heavy atom. The van der Waals surface area contributed by atoms with Crippen LogP contribution in [-0.4, -0.2) is 122 Å². The van der Waals surface area contributed by atoms with Crippen LogP contribution in [0.4, 0.5) is 24.5 Å². The van der Waals surface area contributed by atoms with Crippen molar-refractivity contribution in [2.45, 2.75) is 58.8 Å². The maximum Gasteiger partial charge on any atom is 1.00 e. The van der Waals surface area contributed by atoms with E-state index in [1.54, 1.807) is 12.1 Å². The maximum atomic E-state index is 14.2. The van der Waals surface area contributed by atoms with Gasteiger partial charge in [-0.25, -0.2) is 21.6 Å². The highest BCUT2D eigenvalue weighted by Crippen LogP contribution is 2.43.